The number of anilines is 1. The van der Waals surface area contributed by atoms with Crippen LogP contribution in [0.4, 0.5) is 9.93 Å². The number of hydrogen-bond donors (Lipinski definition) is 2. The van der Waals surface area contributed by atoms with E-state index in [0.29, 0.717) is 44.2 Å². The van der Waals surface area contributed by atoms with Gasteiger partial charge < -0.3 is 14.8 Å². The molecule has 6 rings (SSSR count). The van der Waals surface area contributed by atoms with Crippen molar-refractivity contribution < 1.29 is 14.3 Å². The van der Waals surface area contributed by atoms with Crippen LogP contribution in [0.5, 0.6) is 11.6 Å². The lowest BCUT2D eigenvalue weighted by molar-refractivity contribution is 0.0388. The predicted molar refractivity (Wildman–Crippen MR) is 155 cm³/mol. The number of nitrogens with zero attached hydrogens (tertiary/aromatic N) is 6. The molecule has 1 aliphatic heterocycles. The third kappa shape index (κ3) is 6.40. The van der Waals surface area contributed by atoms with E-state index in [1.165, 1.54) is 23.1 Å². The van der Waals surface area contributed by atoms with E-state index in [0.717, 1.165) is 48.0 Å². The highest BCUT2D eigenvalue weighted by molar-refractivity contribution is 7.99. The van der Waals surface area contributed by atoms with Gasteiger partial charge >= 0.3 is 6.03 Å². The summed E-state index contributed by atoms with van der Waals surface area (Å²) in [4.78, 5) is 20.1. The number of carbonyl (C=O) groups excluding carboxylic acids is 1. The molecule has 206 valence electrons. The number of urea groups is 1. The molecule has 2 amide bonds. The molecule has 2 N–H and O–H groups in total. The lowest BCUT2D eigenvalue weighted by Gasteiger charge is -2.26. The molecule has 40 heavy (non-hydrogen) atoms. The molecule has 4 heterocycles. The zero-order valence-corrected chi connectivity index (χ0v) is 24.0. The zero-order valence-electron chi connectivity index (χ0n) is 20.8. The fourth-order valence-corrected chi connectivity index (χ4v) is 6.04. The minimum absolute atomic E-state index is 0.276. The average molecular weight is 618 g/mol. The Morgan fingerprint density at radius 2 is 1.95 bits per heavy atom. The predicted octanol–water partition coefficient (Wildman–Crippen LogP) is 5.44. The Morgan fingerprint density at radius 3 is 2.80 bits per heavy atom. The van der Waals surface area contributed by atoms with Gasteiger partial charge in [-0.1, -0.05) is 34.5 Å². The summed E-state index contributed by atoms with van der Waals surface area (Å²) in [6.45, 7) is 4.57. The van der Waals surface area contributed by atoms with Gasteiger partial charge in [0.05, 0.1) is 33.5 Å². The lowest BCUT2D eigenvalue weighted by atomic mass is 10.3. The Bertz CT molecular complexity index is 1670. The Hall–Kier alpha value is -3.20. The van der Waals surface area contributed by atoms with Crippen LogP contribution >= 0.6 is 46.3 Å². The molecular weight excluding hydrogens is 595 g/mol. The van der Waals surface area contributed by atoms with Crippen molar-refractivity contribution in [2.45, 2.75) is 10.1 Å². The van der Waals surface area contributed by atoms with Crippen LogP contribution in [0.25, 0.3) is 15.9 Å². The molecule has 0 spiro atoms. The third-order valence-corrected chi connectivity index (χ3v) is 8.53. The first-order chi connectivity index (χ1) is 19.5. The van der Waals surface area contributed by atoms with Crippen LogP contribution in [0.2, 0.25) is 10.0 Å². The van der Waals surface area contributed by atoms with Gasteiger partial charge in [-0.15, -0.1) is 15.3 Å². The maximum Gasteiger partial charge on any atom is 0.321 e. The van der Waals surface area contributed by atoms with Crippen LogP contribution in [0.15, 0.2) is 58.6 Å². The summed E-state index contributed by atoms with van der Waals surface area (Å²) in [7, 11) is 0. The molecule has 1 aliphatic rings. The summed E-state index contributed by atoms with van der Waals surface area (Å²) >= 11 is 14.9. The first-order valence-electron chi connectivity index (χ1n) is 12.3. The van der Waals surface area contributed by atoms with Gasteiger partial charge in [0.2, 0.25) is 11.0 Å². The van der Waals surface area contributed by atoms with E-state index in [2.05, 4.69) is 35.8 Å². The first kappa shape index (κ1) is 27.0. The summed E-state index contributed by atoms with van der Waals surface area (Å²) in [5.41, 5.74) is 1.37. The van der Waals surface area contributed by atoms with Crippen molar-refractivity contribution in [2.75, 3.05) is 44.7 Å². The average Bonchev–Trinajstić information content (AvgIpc) is 3.54. The smallest absolute Gasteiger partial charge is 0.321 e. The van der Waals surface area contributed by atoms with E-state index in [1.54, 1.807) is 34.8 Å². The number of benzene rings is 2. The Kier molecular flexibility index (Phi) is 8.18. The summed E-state index contributed by atoms with van der Waals surface area (Å²) in [6, 6.07) is 14.0. The van der Waals surface area contributed by atoms with Crippen LogP contribution in [0, 0.1) is 0 Å². The second-order valence-electron chi connectivity index (χ2n) is 8.69. The van der Waals surface area contributed by atoms with Crippen molar-refractivity contribution in [1.82, 2.24) is 35.0 Å². The maximum absolute atomic E-state index is 12.4. The maximum atomic E-state index is 12.4. The molecule has 2 aromatic carbocycles. The molecule has 5 aromatic rings. The van der Waals surface area contributed by atoms with Gasteiger partial charge in [0.25, 0.3) is 0 Å². The van der Waals surface area contributed by atoms with Crippen LogP contribution in [-0.2, 0) is 4.74 Å². The molecule has 3 aromatic heterocycles. The molecule has 0 saturated carbocycles. The fourth-order valence-electron chi connectivity index (χ4n) is 3.95. The molecule has 15 heteroatoms. The number of aromatic nitrogens is 5. The topological polar surface area (TPSA) is 119 Å². The molecule has 1 saturated heterocycles. The van der Waals surface area contributed by atoms with Crippen LogP contribution in [0.3, 0.4) is 0 Å². The molecule has 0 radical (unpaired) electrons. The van der Waals surface area contributed by atoms with Crippen LogP contribution in [-0.4, -0.2) is 75.1 Å². The minimum Gasteiger partial charge on any atom is -0.438 e. The van der Waals surface area contributed by atoms with E-state index in [4.69, 9.17) is 32.7 Å². The molecule has 0 atom stereocenters. The van der Waals surface area contributed by atoms with Crippen LogP contribution < -0.4 is 15.4 Å². The van der Waals surface area contributed by atoms with E-state index in [-0.39, 0.29) is 6.03 Å². The number of ether oxygens (including phenoxy) is 2. The van der Waals surface area contributed by atoms with Gasteiger partial charge in [-0.2, -0.15) is 4.52 Å². The lowest BCUT2D eigenvalue weighted by Crippen LogP contribution is -2.42. The van der Waals surface area contributed by atoms with Gasteiger partial charge in [0.1, 0.15) is 5.75 Å². The van der Waals surface area contributed by atoms with Gasteiger partial charge in [-0.25, -0.2) is 9.78 Å². The Labute approximate surface area is 246 Å². The number of rotatable bonds is 8. The van der Waals surface area contributed by atoms with Gasteiger partial charge in [-0.3, -0.25) is 10.2 Å². The summed E-state index contributed by atoms with van der Waals surface area (Å²) in [5, 5.41) is 20.7. The van der Waals surface area contributed by atoms with E-state index < -0.39 is 0 Å². The second-order valence-corrected chi connectivity index (χ2v) is 11.6. The SMILES string of the molecule is O=C(NCCN1CCOCC1)Nc1nc2ccc(Sc3nnc4ccc(Oc5ccc(Cl)c(Cl)c5)nn34)cc2s1. The van der Waals surface area contributed by atoms with Crippen molar-refractivity contribution in [3.05, 3.63) is 58.6 Å². The summed E-state index contributed by atoms with van der Waals surface area (Å²) < 4.78 is 13.7. The summed E-state index contributed by atoms with van der Waals surface area (Å²) in [6.07, 6.45) is 0. The highest BCUT2D eigenvalue weighted by Crippen LogP contribution is 2.33. The molecule has 11 nitrogen and oxygen atoms in total. The Morgan fingerprint density at radius 1 is 1.07 bits per heavy atom. The molecule has 1 fully saturated rings. The second kappa shape index (κ2) is 12.1. The van der Waals surface area contributed by atoms with Crippen molar-refractivity contribution in [2.24, 2.45) is 0 Å². The minimum atomic E-state index is -0.276. The van der Waals surface area contributed by atoms with E-state index >= 15 is 0 Å². The number of carbonyl (C=O) groups is 1. The third-order valence-electron chi connectivity index (χ3n) is 5.93. The quantitative estimate of drug-likeness (QED) is 0.235. The number of hydrogen-bond acceptors (Lipinski definition) is 10. The van der Waals surface area contributed by atoms with Crippen LogP contribution in [0.1, 0.15) is 0 Å². The molecule has 0 bridgehead atoms. The number of morpholine rings is 1. The van der Waals surface area contributed by atoms with Crippen molar-refractivity contribution in [3.8, 4) is 11.6 Å². The molecule has 0 aliphatic carbocycles. The van der Waals surface area contributed by atoms with Gasteiger partial charge in [-0.05, 0) is 48.2 Å². The number of fused-ring (bicyclic) bond motifs is 2. The summed E-state index contributed by atoms with van der Waals surface area (Å²) in [5.74, 6) is 0.860. The van der Waals surface area contributed by atoms with Crippen molar-refractivity contribution >= 4 is 73.3 Å². The largest absolute Gasteiger partial charge is 0.438 e. The van der Waals surface area contributed by atoms with E-state index in [1.807, 2.05) is 18.2 Å². The van der Waals surface area contributed by atoms with E-state index in [9.17, 15) is 4.79 Å². The highest BCUT2D eigenvalue weighted by Gasteiger charge is 2.14. The first-order valence-corrected chi connectivity index (χ1v) is 14.7. The fraction of sp³-hybridized carbons (Fsp3) is 0.240. The van der Waals surface area contributed by atoms with Gasteiger partial charge in [0.15, 0.2) is 10.8 Å². The standard InChI is InChI=1S/C25H22Cl2N8O3S2/c26-17-3-1-15(13-18(17)27)38-22-6-5-21-31-32-25(35(21)33-22)39-16-2-4-19-20(14-16)40-24(29-19)30-23(36)28-7-8-34-9-11-37-12-10-34/h1-6,13-14H,7-12H2,(H2,28,29,30,36). The monoisotopic (exact) mass is 616 g/mol. The van der Waals surface area contributed by atoms with Crippen molar-refractivity contribution in [1.29, 1.82) is 0 Å². The van der Waals surface area contributed by atoms with Crippen molar-refractivity contribution in [3.63, 3.8) is 0 Å². The molecular formula is C25H22Cl2N8O3S2. The van der Waals surface area contributed by atoms with Gasteiger partial charge in [0, 0.05) is 43.2 Å². The zero-order chi connectivity index (χ0) is 27.5. The number of thiazole rings is 1. The Balaban J connectivity index is 1.11. The number of nitrogens with one attached hydrogen (secondary N) is 2. The number of halogens is 2. The normalized spacial score (nSPS) is 14.1. The highest BCUT2D eigenvalue weighted by atomic mass is 35.5. The number of amides is 2. The molecule has 0 unspecified atom stereocenters.